The molecule has 8 heteroatoms. The van der Waals surface area contributed by atoms with Gasteiger partial charge in [-0.05, 0) is 30.2 Å². The van der Waals surface area contributed by atoms with E-state index in [0.717, 1.165) is 6.54 Å². The Morgan fingerprint density at radius 2 is 2.07 bits per heavy atom. The van der Waals surface area contributed by atoms with E-state index in [-0.39, 0.29) is 17.7 Å². The van der Waals surface area contributed by atoms with Crippen molar-refractivity contribution in [3.63, 3.8) is 0 Å². The van der Waals surface area contributed by atoms with Gasteiger partial charge in [0.1, 0.15) is 0 Å². The van der Waals surface area contributed by atoms with Crippen LogP contribution >= 0.6 is 0 Å². The number of rotatable bonds is 9. The molecule has 0 aliphatic carbocycles. The van der Waals surface area contributed by atoms with Crippen molar-refractivity contribution in [1.29, 1.82) is 0 Å². The van der Waals surface area contributed by atoms with Gasteiger partial charge in [-0.25, -0.2) is 4.98 Å². The Kier molecular flexibility index (Phi) is 6.56. The lowest BCUT2D eigenvalue weighted by Gasteiger charge is -2.13. The summed E-state index contributed by atoms with van der Waals surface area (Å²) in [4.78, 5) is 28.5. The fourth-order valence-electron chi connectivity index (χ4n) is 2.77. The molecule has 2 heterocycles. The molecule has 0 saturated heterocycles. The lowest BCUT2D eigenvalue weighted by molar-refractivity contribution is -0.116. The second-order valence-corrected chi connectivity index (χ2v) is 6.72. The normalized spacial score (nSPS) is 11.8. The van der Waals surface area contributed by atoms with Crippen LogP contribution in [0.2, 0.25) is 0 Å². The second kappa shape index (κ2) is 9.50. The van der Waals surface area contributed by atoms with E-state index in [1.807, 2.05) is 27.7 Å². The van der Waals surface area contributed by atoms with E-state index in [2.05, 4.69) is 27.6 Å². The van der Waals surface area contributed by atoms with E-state index < -0.39 is 0 Å². The van der Waals surface area contributed by atoms with Crippen LogP contribution in [0.5, 0.6) is 0 Å². The Morgan fingerprint density at radius 3 is 2.82 bits per heavy atom. The van der Waals surface area contributed by atoms with Crippen molar-refractivity contribution in [2.75, 3.05) is 11.9 Å². The molecule has 2 amide bonds. The Hall–Kier alpha value is -3.42. The number of nitrogens with zero attached hydrogens (tertiary/aromatic N) is 4. The summed E-state index contributed by atoms with van der Waals surface area (Å²) in [6, 6.07) is 8.82. The van der Waals surface area contributed by atoms with E-state index >= 15 is 0 Å². The lowest BCUT2D eigenvalue weighted by atomic mass is 10.1. The van der Waals surface area contributed by atoms with E-state index in [0.29, 0.717) is 30.8 Å². The van der Waals surface area contributed by atoms with Gasteiger partial charge in [0.05, 0.1) is 6.33 Å². The molecule has 8 nitrogen and oxygen atoms in total. The van der Waals surface area contributed by atoms with Crippen LogP contribution in [0.1, 0.15) is 23.7 Å². The third-order valence-corrected chi connectivity index (χ3v) is 4.23. The van der Waals surface area contributed by atoms with Crippen LogP contribution in [0, 0.1) is 5.92 Å². The largest absolute Gasteiger partial charge is 0.352 e. The summed E-state index contributed by atoms with van der Waals surface area (Å²) in [5, 5.41) is 9.93. The minimum atomic E-state index is -0.165. The van der Waals surface area contributed by atoms with Gasteiger partial charge in [0.15, 0.2) is 0 Å². The number of imidazole rings is 1. The molecule has 3 aromatic rings. The highest BCUT2D eigenvalue weighted by molar-refractivity contribution is 5.97. The smallest absolute Gasteiger partial charge is 0.251 e. The zero-order valence-corrected chi connectivity index (χ0v) is 15.8. The number of benzene rings is 1. The average molecular weight is 380 g/mol. The fourth-order valence-corrected chi connectivity index (χ4v) is 2.77. The maximum Gasteiger partial charge on any atom is 0.251 e. The summed E-state index contributed by atoms with van der Waals surface area (Å²) in [5.41, 5.74) is 1.12. The first-order valence-corrected chi connectivity index (χ1v) is 9.21. The molecular formula is C20H24N6O2. The highest BCUT2D eigenvalue weighted by atomic mass is 16.2. The number of carbonyl (C=O) groups excluding carboxylic acids is 2. The molecule has 1 unspecified atom stereocenters. The SMILES string of the molecule is CC(CNC(=O)c1cccc(NC(=O)CCn2ccnc2)c1)Cn1cccn1. The highest BCUT2D eigenvalue weighted by Crippen LogP contribution is 2.11. The van der Waals surface area contributed by atoms with Gasteiger partial charge in [0, 0.05) is 62.1 Å². The molecule has 1 atom stereocenters. The van der Waals surface area contributed by atoms with E-state index in [1.54, 1.807) is 43.0 Å². The summed E-state index contributed by atoms with van der Waals surface area (Å²) in [6.45, 7) is 3.89. The van der Waals surface area contributed by atoms with Crippen molar-refractivity contribution in [2.24, 2.45) is 5.92 Å². The Bertz CT molecular complexity index is 889. The number of amides is 2. The van der Waals surface area contributed by atoms with Crippen molar-refractivity contribution in [3.05, 3.63) is 67.0 Å². The second-order valence-electron chi connectivity index (χ2n) is 6.72. The number of nitrogens with one attached hydrogen (secondary N) is 2. The van der Waals surface area contributed by atoms with Crippen molar-refractivity contribution in [1.82, 2.24) is 24.6 Å². The van der Waals surface area contributed by atoms with Gasteiger partial charge in [0.25, 0.3) is 5.91 Å². The molecule has 1 aromatic carbocycles. The number of hydrogen-bond donors (Lipinski definition) is 2. The maximum absolute atomic E-state index is 12.4. The summed E-state index contributed by atoms with van der Waals surface area (Å²) in [6.07, 6.45) is 9.13. The number of aromatic nitrogens is 4. The molecule has 146 valence electrons. The summed E-state index contributed by atoms with van der Waals surface area (Å²) in [5.74, 6) is -0.0316. The minimum Gasteiger partial charge on any atom is -0.352 e. The van der Waals surface area contributed by atoms with Crippen molar-refractivity contribution < 1.29 is 9.59 Å². The zero-order chi connectivity index (χ0) is 19.8. The number of anilines is 1. The number of aryl methyl sites for hydroxylation is 1. The van der Waals surface area contributed by atoms with Gasteiger partial charge in [-0.3, -0.25) is 14.3 Å². The molecule has 3 rings (SSSR count). The predicted octanol–water partition coefficient (Wildman–Crippen LogP) is 2.17. The van der Waals surface area contributed by atoms with Crippen molar-refractivity contribution >= 4 is 17.5 Å². The molecule has 0 bridgehead atoms. The number of carbonyl (C=O) groups is 2. The predicted molar refractivity (Wildman–Crippen MR) is 106 cm³/mol. The molecule has 28 heavy (non-hydrogen) atoms. The van der Waals surface area contributed by atoms with Gasteiger partial charge in [-0.1, -0.05) is 13.0 Å². The maximum atomic E-state index is 12.4. The van der Waals surface area contributed by atoms with Crippen LogP contribution in [-0.2, 0) is 17.9 Å². The zero-order valence-electron chi connectivity index (χ0n) is 15.8. The Morgan fingerprint density at radius 1 is 1.18 bits per heavy atom. The molecule has 0 spiro atoms. The van der Waals surface area contributed by atoms with Crippen molar-refractivity contribution in [2.45, 2.75) is 26.4 Å². The van der Waals surface area contributed by atoms with Crippen LogP contribution in [0.25, 0.3) is 0 Å². The Balaban J connectivity index is 1.47. The summed E-state index contributed by atoms with van der Waals surface area (Å²) >= 11 is 0. The minimum absolute atomic E-state index is 0.112. The van der Waals surface area contributed by atoms with Gasteiger partial charge < -0.3 is 15.2 Å². The molecule has 0 saturated carbocycles. The van der Waals surface area contributed by atoms with E-state index in [4.69, 9.17) is 0 Å². The van der Waals surface area contributed by atoms with Gasteiger partial charge in [-0.15, -0.1) is 0 Å². The van der Waals surface area contributed by atoms with Crippen LogP contribution in [0.4, 0.5) is 5.69 Å². The van der Waals surface area contributed by atoms with Crippen LogP contribution in [0.15, 0.2) is 61.4 Å². The van der Waals surface area contributed by atoms with Crippen molar-refractivity contribution in [3.8, 4) is 0 Å². The monoisotopic (exact) mass is 380 g/mol. The van der Waals surface area contributed by atoms with Crippen LogP contribution < -0.4 is 10.6 Å². The summed E-state index contributed by atoms with van der Waals surface area (Å²) < 4.78 is 3.69. The van der Waals surface area contributed by atoms with Gasteiger partial charge >= 0.3 is 0 Å². The van der Waals surface area contributed by atoms with E-state index in [1.165, 1.54) is 0 Å². The molecule has 0 fully saturated rings. The average Bonchev–Trinajstić information content (AvgIpc) is 3.39. The fraction of sp³-hybridized carbons (Fsp3) is 0.300. The van der Waals surface area contributed by atoms with Crippen LogP contribution in [-0.4, -0.2) is 37.7 Å². The van der Waals surface area contributed by atoms with Crippen LogP contribution in [0.3, 0.4) is 0 Å². The first-order valence-electron chi connectivity index (χ1n) is 9.21. The third-order valence-electron chi connectivity index (χ3n) is 4.23. The summed E-state index contributed by atoms with van der Waals surface area (Å²) in [7, 11) is 0. The Labute approximate surface area is 163 Å². The molecule has 2 N–H and O–H groups in total. The molecule has 0 radical (unpaired) electrons. The standard InChI is InChI=1S/C20H24N6O2/c1-16(14-26-9-3-7-23-26)13-22-20(28)17-4-2-5-18(12-17)24-19(27)6-10-25-11-8-21-15-25/h2-5,7-9,11-12,15-16H,6,10,13-14H2,1H3,(H,22,28)(H,24,27). The van der Waals surface area contributed by atoms with Gasteiger partial charge in [-0.2, -0.15) is 5.10 Å². The van der Waals surface area contributed by atoms with E-state index in [9.17, 15) is 9.59 Å². The molecular weight excluding hydrogens is 356 g/mol. The molecule has 2 aromatic heterocycles. The highest BCUT2D eigenvalue weighted by Gasteiger charge is 2.10. The lowest BCUT2D eigenvalue weighted by Crippen LogP contribution is -2.30. The first kappa shape index (κ1) is 19.3. The molecule has 0 aliphatic heterocycles. The third kappa shape index (κ3) is 5.80. The topological polar surface area (TPSA) is 93.8 Å². The first-order chi connectivity index (χ1) is 13.6. The number of hydrogen-bond acceptors (Lipinski definition) is 4. The molecule has 0 aliphatic rings. The quantitative estimate of drug-likeness (QED) is 0.595. The van der Waals surface area contributed by atoms with Gasteiger partial charge in [0.2, 0.25) is 5.91 Å².